The van der Waals surface area contributed by atoms with Gasteiger partial charge in [0.15, 0.2) is 5.82 Å². The minimum Gasteiger partial charge on any atom is -0.356 e. The number of nitrogens with zero attached hydrogens (tertiary/aromatic N) is 5. The van der Waals surface area contributed by atoms with Crippen molar-refractivity contribution >= 4 is 11.6 Å². The van der Waals surface area contributed by atoms with Crippen molar-refractivity contribution < 1.29 is 0 Å². The molecule has 0 atom stereocenters. The third kappa shape index (κ3) is 2.79. The van der Waals surface area contributed by atoms with Gasteiger partial charge in [-0.2, -0.15) is 9.50 Å². The van der Waals surface area contributed by atoms with E-state index in [4.69, 9.17) is 5.10 Å². The van der Waals surface area contributed by atoms with Crippen LogP contribution in [0, 0.1) is 6.92 Å². The predicted molar refractivity (Wildman–Crippen MR) is 91.6 cm³/mol. The smallest absolute Gasteiger partial charge is 0.254 e. The molecule has 1 aliphatic heterocycles. The van der Waals surface area contributed by atoms with Crippen LogP contribution in [0.25, 0.3) is 17.2 Å². The number of anilines is 1. The first-order valence-corrected chi connectivity index (χ1v) is 8.36. The summed E-state index contributed by atoms with van der Waals surface area (Å²) in [6, 6.07) is 12.2. The van der Waals surface area contributed by atoms with Gasteiger partial charge in [-0.05, 0) is 19.8 Å². The molecule has 3 aromatic rings. The molecule has 5 nitrogen and oxygen atoms in total. The molecule has 118 valence electrons. The van der Waals surface area contributed by atoms with Crippen LogP contribution in [0.4, 0.5) is 5.82 Å². The maximum absolute atomic E-state index is 4.73. The number of fused-ring (bicyclic) bond motifs is 1. The second-order valence-electron chi connectivity index (χ2n) is 6.17. The number of benzene rings is 1. The highest BCUT2D eigenvalue weighted by Gasteiger charge is 2.17. The highest BCUT2D eigenvalue weighted by Crippen LogP contribution is 2.23. The molecule has 5 heteroatoms. The van der Waals surface area contributed by atoms with E-state index in [2.05, 4.69) is 20.9 Å². The third-order valence-corrected chi connectivity index (χ3v) is 4.38. The zero-order valence-corrected chi connectivity index (χ0v) is 13.4. The van der Waals surface area contributed by atoms with Crippen molar-refractivity contribution in [2.24, 2.45) is 0 Å². The van der Waals surface area contributed by atoms with E-state index in [9.17, 15) is 0 Å². The van der Waals surface area contributed by atoms with E-state index in [-0.39, 0.29) is 0 Å². The minimum absolute atomic E-state index is 0.683. The van der Waals surface area contributed by atoms with Crippen LogP contribution in [-0.4, -0.2) is 32.7 Å². The van der Waals surface area contributed by atoms with Crippen LogP contribution < -0.4 is 4.90 Å². The maximum atomic E-state index is 4.73. The zero-order chi connectivity index (χ0) is 15.6. The number of rotatable bonds is 2. The number of aromatic nitrogens is 4. The van der Waals surface area contributed by atoms with E-state index in [1.54, 1.807) is 0 Å². The first-order chi connectivity index (χ1) is 11.3. The Morgan fingerprint density at radius 3 is 2.39 bits per heavy atom. The largest absolute Gasteiger partial charge is 0.356 e. The van der Waals surface area contributed by atoms with Gasteiger partial charge in [0, 0.05) is 30.4 Å². The van der Waals surface area contributed by atoms with Crippen LogP contribution in [0.3, 0.4) is 0 Å². The second-order valence-corrected chi connectivity index (χ2v) is 6.17. The second kappa shape index (κ2) is 5.99. The molecule has 0 spiro atoms. The SMILES string of the molecule is Cc1cc(N2CCCCCC2)n2nc(-c3ccccc3)nc2n1. The molecule has 23 heavy (non-hydrogen) atoms. The summed E-state index contributed by atoms with van der Waals surface area (Å²) in [7, 11) is 0. The molecule has 1 aliphatic rings. The van der Waals surface area contributed by atoms with Gasteiger partial charge < -0.3 is 4.90 Å². The fourth-order valence-electron chi connectivity index (χ4n) is 3.20. The topological polar surface area (TPSA) is 46.3 Å². The van der Waals surface area contributed by atoms with Crippen LogP contribution in [0.5, 0.6) is 0 Å². The summed E-state index contributed by atoms with van der Waals surface area (Å²) in [4.78, 5) is 11.6. The average Bonchev–Trinajstić information content (AvgIpc) is 2.81. The highest BCUT2D eigenvalue weighted by molar-refractivity contribution is 5.58. The van der Waals surface area contributed by atoms with Gasteiger partial charge in [0.25, 0.3) is 5.78 Å². The molecule has 0 aliphatic carbocycles. The summed E-state index contributed by atoms with van der Waals surface area (Å²) >= 11 is 0. The third-order valence-electron chi connectivity index (χ3n) is 4.38. The molecule has 3 heterocycles. The Bertz CT molecular complexity index is 801. The Kier molecular flexibility index (Phi) is 3.69. The predicted octanol–water partition coefficient (Wildman–Crippen LogP) is 3.48. The van der Waals surface area contributed by atoms with Crippen LogP contribution in [-0.2, 0) is 0 Å². The standard InChI is InChI=1S/C18H21N5/c1-14-13-16(22-11-7-2-3-8-12-22)23-18(19-14)20-17(21-23)15-9-5-4-6-10-15/h4-6,9-10,13H,2-3,7-8,11-12H2,1H3. The van der Waals surface area contributed by atoms with Gasteiger partial charge in [-0.15, -0.1) is 5.10 Å². The lowest BCUT2D eigenvalue weighted by atomic mass is 10.2. The van der Waals surface area contributed by atoms with Gasteiger partial charge in [-0.25, -0.2) is 4.98 Å². The molecule has 0 unspecified atom stereocenters. The van der Waals surface area contributed by atoms with Crippen LogP contribution in [0.1, 0.15) is 31.4 Å². The van der Waals surface area contributed by atoms with Crippen molar-refractivity contribution in [3.05, 3.63) is 42.1 Å². The van der Waals surface area contributed by atoms with Crippen LogP contribution in [0.15, 0.2) is 36.4 Å². The maximum Gasteiger partial charge on any atom is 0.254 e. The molecule has 2 aromatic heterocycles. The summed E-state index contributed by atoms with van der Waals surface area (Å²) in [6.45, 7) is 4.19. The molecular weight excluding hydrogens is 286 g/mol. The lowest BCUT2D eigenvalue weighted by Gasteiger charge is -2.22. The molecule has 0 N–H and O–H groups in total. The lowest BCUT2D eigenvalue weighted by Crippen LogP contribution is -2.26. The van der Waals surface area contributed by atoms with Crippen molar-refractivity contribution in [2.75, 3.05) is 18.0 Å². The molecule has 4 rings (SSSR count). The lowest BCUT2D eigenvalue weighted by molar-refractivity contribution is 0.726. The first kappa shape index (κ1) is 14.2. The Morgan fingerprint density at radius 1 is 0.913 bits per heavy atom. The van der Waals surface area contributed by atoms with Gasteiger partial charge in [0.2, 0.25) is 0 Å². The number of aryl methyl sites for hydroxylation is 1. The molecule has 0 radical (unpaired) electrons. The van der Waals surface area contributed by atoms with Gasteiger partial charge in [0.05, 0.1) is 0 Å². The molecule has 0 bridgehead atoms. The van der Waals surface area contributed by atoms with Crippen molar-refractivity contribution in [1.82, 2.24) is 19.6 Å². The quantitative estimate of drug-likeness (QED) is 0.727. The molecule has 1 aromatic carbocycles. The molecule has 0 saturated carbocycles. The molecule has 1 saturated heterocycles. The average molecular weight is 307 g/mol. The van der Waals surface area contributed by atoms with E-state index >= 15 is 0 Å². The van der Waals surface area contributed by atoms with E-state index < -0.39 is 0 Å². The number of hydrogen-bond donors (Lipinski definition) is 0. The van der Waals surface area contributed by atoms with Crippen LogP contribution in [0.2, 0.25) is 0 Å². The summed E-state index contributed by atoms with van der Waals surface area (Å²) in [6.07, 6.45) is 5.11. The fourth-order valence-corrected chi connectivity index (χ4v) is 3.20. The fraction of sp³-hybridized carbons (Fsp3) is 0.389. The van der Waals surface area contributed by atoms with Gasteiger partial charge in [-0.1, -0.05) is 43.2 Å². The van der Waals surface area contributed by atoms with E-state index in [0.717, 1.165) is 36.0 Å². The van der Waals surface area contributed by atoms with Crippen LogP contribution >= 0.6 is 0 Å². The summed E-state index contributed by atoms with van der Waals surface area (Å²) in [5.74, 6) is 2.53. The Balaban J connectivity index is 1.82. The van der Waals surface area contributed by atoms with E-state index in [0.29, 0.717) is 5.78 Å². The Labute approximate surface area is 136 Å². The van der Waals surface area contributed by atoms with Crippen molar-refractivity contribution in [2.45, 2.75) is 32.6 Å². The monoisotopic (exact) mass is 307 g/mol. The normalized spacial score (nSPS) is 15.8. The molecule has 0 amide bonds. The summed E-state index contributed by atoms with van der Waals surface area (Å²) in [5, 5.41) is 4.73. The highest BCUT2D eigenvalue weighted by atomic mass is 15.4. The first-order valence-electron chi connectivity index (χ1n) is 8.36. The Morgan fingerprint density at radius 2 is 1.65 bits per heavy atom. The molecular formula is C18H21N5. The van der Waals surface area contributed by atoms with E-state index in [1.807, 2.05) is 41.8 Å². The van der Waals surface area contributed by atoms with Gasteiger partial charge >= 0.3 is 0 Å². The summed E-state index contributed by atoms with van der Waals surface area (Å²) in [5.41, 5.74) is 2.02. The van der Waals surface area contributed by atoms with Crippen molar-refractivity contribution in [3.8, 4) is 11.4 Å². The number of hydrogen-bond acceptors (Lipinski definition) is 4. The van der Waals surface area contributed by atoms with Gasteiger partial charge in [0.1, 0.15) is 5.82 Å². The Hall–Kier alpha value is -2.43. The van der Waals surface area contributed by atoms with Gasteiger partial charge in [-0.3, -0.25) is 0 Å². The molecule has 1 fully saturated rings. The zero-order valence-electron chi connectivity index (χ0n) is 13.4. The van der Waals surface area contributed by atoms with Crippen molar-refractivity contribution in [3.63, 3.8) is 0 Å². The van der Waals surface area contributed by atoms with E-state index in [1.165, 1.54) is 25.7 Å². The summed E-state index contributed by atoms with van der Waals surface area (Å²) < 4.78 is 1.90. The van der Waals surface area contributed by atoms with Crippen molar-refractivity contribution in [1.29, 1.82) is 0 Å². The minimum atomic E-state index is 0.683.